The maximum Gasteiger partial charge on any atom is 0.321 e. The van der Waals surface area contributed by atoms with Gasteiger partial charge in [0, 0.05) is 12.6 Å². The van der Waals surface area contributed by atoms with Gasteiger partial charge < -0.3 is 5.11 Å². The highest BCUT2D eigenvalue weighted by atomic mass is 16.4. The predicted molar refractivity (Wildman–Crippen MR) is 53.4 cm³/mol. The lowest BCUT2D eigenvalue weighted by atomic mass is 9.83. The van der Waals surface area contributed by atoms with E-state index in [1.165, 1.54) is 7.05 Å². The van der Waals surface area contributed by atoms with E-state index >= 15 is 0 Å². The average Bonchev–Trinajstić information content (AvgIpc) is 2.57. The normalized spacial score (nSPS) is 36.7. The van der Waals surface area contributed by atoms with E-state index in [4.69, 9.17) is 5.11 Å². The standard InChI is InChI=1S/C10H14N2O4/c1-10(2)5-4(6(11-10)9(15)16)7(13)12(3)8(5)14/h4-6,11H,1-3H3,(H,15,16)/t4-,5-,6-/m1/s1. The van der Waals surface area contributed by atoms with Crippen molar-refractivity contribution in [3.05, 3.63) is 0 Å². The summed E-state index contributed by atoms with van der Waals surface area (Å²) in [6.07, 6.45) is 0. The lowest BCUT2D eigenvalue weighted by molar-refractivity contribution is -0.145. The molecule has 0 aromatic heterocycles. The first-order valence-corrected chi connectivity index (χ1v) is 5.09. The monoisotopic (exact) mass is 226 g/mol. The van der Waals surface area contributed by atoms with Crippen LogP contribution in [0.5, 0.6) is 0 Å². The van der Waals surface area contributed by atoms with Gasteiger partial charge in [0.15, 0.2) is 0 Å². The number of carboxylic acids is 1. The second-order valence-corrected chi connectivity index (χ2v) is 4.92. The number of carboxylic acid groups (broad SMARTS) is 1. The summed E-state index contributed by atoms with van der Waals surface area (Å²) in [5, 5.41) is 11.9. The third-order valence-corrected chi connectivity index (χ3v) is 3.50. The summed E-state index contributed by atoms with van der Waals surface area (Å²) < 4.78 is 0. The van der Waals surface area contributed by atoms with E-state index in [9.17, 15) is 14.4 Å². The van der Waals surface area contributed by atoms with Crippen LogP contribution in [-0.4, -0.2) is 46.4 Å². The molecule has 0 bridgehead atoms. The van der Waals surface area contributed by atoms with Crippen LogP contribution in [0.1, 0.15) is 13.8 Å². The fourth-order valence-electron chi connectivity index (χ4n) is 2.73. The fraction of sp³-hybridized carbons (Fsp3) is 0.700. The van der Waals surface area contributed by atoms with Crippen molar-refractivity contribution in [3.8, 4) is 0 Å². The largest absolute Gasteiger partial charge is 0.480 e. The zero-order valence-corrected chi connectivity index (χ0v) is 9.35. The van der Waals surface area contributed by atoms with Crippen molar-refractivity contribution >= 4 is 17.8 Å². The number of rotatable bonds is 1. The zero-order valence-electron chi connectivity index (χ0n) is 9.35. The van der Waals surface area contributed by atoms with Gasteiger partial charge in [-0.2, -0.15) is 0 Å². The summed E-state index contributed by atoms with van der Waals surface area (Å²) in [6, 6.07) is -0.971. The molecule has 2 saturated heterocycles. The van der Waals surface area contributed by atoms with Crippen LogP contribution < -0.4 is 5.32 Å². The number of hydrogen-bond donors (Lipinski definition) is 2. The highest BCUT2D eigenvalue weighted by Crippen LogP contribution is 2.41. The van der Waals surface area contributed by atoms with Crippen LogP contribution in [0.2, 0.25) is 0 Å². The molecule has 6 nitrogen and oxygen atoms in total. The maximum atomic E-state index is 11.9. The number of aliphatic carboxylic acids is 1. The molecular formula is C10H14N2O4. The summed E-state index contributed by atoms with van der Waals surface area (Å²) in [4.78, 5) is 35.7. The van der Waals surface area contributed by atoms with E-state index < -0.39 is 35.3 Å². The SMILES string of the molecule is CN1C(=O)[C@H]2[C@H](C(=O)O)NC(C)(C)[C@H]2C1=O. The molecule has 2 amide bonds. The van der Waals surface area contributed by atoms with Gasteiger partial charge in [0.05, 0.1) is 11.8 Å². The molecule has 88 valence electrons. The van der Waals surface area contributed by atoms with Gasteiger partial charge in [-0.3, -0.25) is 24.6 Å². The van der Waals surface area contributed by atoms with Crippen LogP contribution in [0, 0.1) is 11.8 Å². The number of imide groups is 1. The Labute approximate surface area is 92.6 Å². The number of likely N-dealkylation sites (tertiary alicyclic amines) is 1. The Balaban J connectivity index is 2.46. The molecule has 6 heteroatoms. The van der Waals surface area contributed by atoms with Crippen molar-refractivity contribution < 1.29 is 19.5 Å². The van der Waals surface area contributed by atoms with Gasteiger partial charge >= 0.3 is 5.97 Å². The second-order valence-electron chi connectivity index (χ2n) is 4.92. The topological polar surface area (TPSA) is 86.7 Å². The Morgan fingerprint density at radius 1 is 1.38 bits per heavy atom. The second kappa shape index (κ2) is 3.04. The van der Waals surface area contributed by atoms with Crippen molar-refractivity contribution in [2.75, 3.05) is 7.05 Å². The number of nitrogens with zero attached hydrogens (tertiary/aromatic N) is 1. The van der Waals surface area contributed by atoms with Crippen LogP contribution in [0.3, 0.4) is 0 Å². The van der Waals surface area contributed by atoms with Gasteiger partial charge in [-0.1, -0.05) is 0 Å². The molecule has 2 fully saturated rings. The van der Waals surface area contributed by atoms with E-state index in [1.54, 1.807) is 13.8 Å². The smallest absolute Gasteiger partial charge is 0.321 e. The highest BCUT2D eigenvalue weighted by molar-refractivity contribution is 6.08. The van der Waals surface area contributed by atoms with Crippen molar-refractivity contribution in [2.45, 2.75) is 25.4 Å². The lowest BCUT2D eigenvalue weighted by Crippen LogP contribution is -2.48. The van der Waals surface area contributed by atoms with Crippen LogP contribution in [-0.2, 0) is 14.4 Å². The molecule has 2 aliphatic heterocycles. The number of amides is 2. The molecule has 0 aliphatic carbocycles. The molecule has 16 heavy (non-hydrogen) atoms. The summed E-state index contributed by atoms with van der Waals surface area (Å²) in [6.45, 7) is 3.50. The first-order chi connectivity index (χ1) is 7.27. The number of nitrogens with one attached hydrogen (secondary N) is 1. The first-order valence-electron chi connectivity index (χ1n) is 5.09. The maximum absolute atomic E-state index is 11.9. The molecular weight excluding hydrogens is 212 g/mol. The molecule has 2 rings (SSSR count). The Bertz CT molecular complexity index is 390. The quantitative estimate of drug-likeness (QED) is 0.563. The van der Waals surface area contributed by atoms with Gasteiger partial charge in [-0.25, -0.2) is 0 Å². The van der Waals surface area contributed by atoms with Crippen molar-refractivity contribution in [3.63, 3.8) is 0 Å². The molecule has 3 atom stereocenters. The van der Waals surface area contributed by atoms with E-state index in [-0.39, 0.29) is 5.91 Å². The van der Waals surface area contributed by atoms with Gasteiger partial charge in [0.1, 0.15) is 6.04 Å². The summed E-state index contributed by atoms with van der Waals surface area (Å²) >= 11 is 0. The fourth-order valence-corrected chi connectivity index (χ4v) is 2.73. The Morgan fingerprint density at radius 3 is 2.44 bits per heavy atom. The molecule has 0 saturated carbocycles. The Morgan fingerprint density at radius 2 is 1.94 bits per heavy atom. The molecule has 2 aliphatic rings. The average molecular weight is 226 g/mol. The molecule has 2 heterocycles. The molecule has 0 radical (unpaired) electrons. The van der Waals surface area contributed by atoms with Gasteiger partial charge in [0.25, 0.3) is 0 Å². The van der Waals surface area contributed by atoms with Gasteiger partial charge in [-0.05, 0) is 13.8 Å². The van der Waals surface area contributed by atoms with Crippen molar-refractivity contribution in [2.24, 2.45) is 11.8 Å². The minimum atomic E-state index is -1.09. The Hall–Kier alpha value is -1.43. The number of carbonyl (C=O) groups is 3. The minimum absolute atomic E-state index is 0.295. The Kier molecular flexibility index (Phi) is 2.10. The first kappa shape index (κ1) is 11.1. The highest BCUT2D eigenvalue weighted by Gasteiger charge is 2.62. The number of carbonyl (C=O) groups excluding carboxylic acids is 2. The lowest BCUT2D eigenvalue weighted by Gasteiger charge is -2.25. The van der Waals surface area contributed by atoms with Crippen LogP contribution >= 0.6 is 0 Å². The molecule has 0 spiro atoms. The summed E-state index contributed by atoms with van der Waals surface area (Å²) in [7, 11) is 1.40. The summed E-state index contributed by atoms with van der Waals surface area (Å²) in [5.74, 6) is -3.13. The van der Waals surface area contributed by atoms with Gasteiger partial charge in [-0.15, -0.1) is 0 Å². The van der Waals surface area contributed by atoms with Crippen molar-refractivity contribution in [1.29, 1.82) is 0 Å². The summed E-state index contributed by atoms with van der Waals surface area (Å²) in [5.41, 5.74) is -0.661. The minimum Gasteiger partial charge on any atom is -0.480 e. The molecule has 0 aromatic rings. The third kappa shape index (κ3) is 1.19. The van der Waals surface area contributed by atoms with Crippen LogP contribution in [0.25, 0.3) is 0 Å². The molecule has 0 aromatic carbocycles. The zero-order chi connectivity index (χ0) is 12.2. The van der Waals surface area contributed by atoms with E-state index in [1.807, 2.05) is 0 Å². The number of fused-ring (bicyclic) bond motifs is 1. The third-order valence-electron chi connectivity index (χ3n) is 3.50. The molecule has 0 unspecified atom stereocenters. The van der Waals surface area contributed by atoms with Crippen molar-refractivity contribution in [1.82, 2.24) is 10.2 Å². The van der Waals surface area contributed by atoms with Crippen LogP contribution in [0.4, 0.5) is 0 Å². The van der Waals surface area contributed by atoms with E-state index in [0.29, 0.717) is 0 Å². The van der Waals surface area contributed by atoms with E-state index in [0.717, 1.165) is 4.90 Å². The van der Waals surface area contributed by atoms with Crippen LogP contribution in [0.15, 0.2) is 0 Å². The van der Waals surface area contributed by atoms with Gasteiger partial charge in [0.2, 0.25) is 11.8 Å². The molecule has 2 N–H and O–H groups in total. The predicted octanol–water partition coefficient (Wildman–Crippen LogP) is -0.948. The van der Waals surface area contributed by atoms with E-state index in [2.05, 4.69) is 5.32 Å². The number of hydrogen-bond acceptors (Lipinski definition) is 4.